The number of Topliss-reactive ketones (excluding diaryl/α,β-unsaturated/α-hetero) is 1. The van der Waals surface area contributed by atoms with Gasteiger partial charge in [-0.1, -0.05) is 44.0 Å². The van der Waals surface area contributed by atoms with Crippen molar-refractivity contribution in [1.82, 2.24) is 0 Å². The van der Waals surface area contributed by atoms with Crippen molar-refractivity contribution in [2.75, 3.05) is 0 Å². The SMILES string of the molecule is CCC(C)CC(=O)c1cccc(C)c1Cl. The lowest BCUT2D eigenvalue weighted by Crippen LogP contribution is -2.06. The number of rotatable bonds is 4. The molecule has 15 heavy (non-hydrogen) atoms. The zero-order chi connectivity index (χ0) is 11.4. The molecular formula is C13H17ClO. The van der Waals surface area contributed by atoms with E-state index in [2.05, 4.69) is 13.8 Å². The van der Waals surface area contributed by atoms with Gasteiger partial charge in [0, 0.05) is 12.0 Å². The normalized spacial score (nSPS) is 12.5. The fourth-order valence-corrected chi connectivity index (χ4v) is 1.66. The number of halogens is 1. The lowest BCUT2D eigenvalue weighted by Gasteiger charge is -2.09. The van der Waals surface area contributed by atoms with Crippen molar-refractivity contribution in [3.8, 4) is 0 Å². The monoisotopic (exact) mass is 224 g/mol. The van der Waals surface area contributed by atoms with Crippen molar-refractivity contribution in [1.29, 1.82) is 0 Å². The summed E-state index contributed by atoms with van der Waals surface area (Å²) in [5.74, 6) is 0.576. The van der Waals surface area contributed by atoms with Gasteiger partial charge in [0.1, 0.15) is 0 Å². The lowest BCUT2D eigenvalue weighted by atomic mass is 9.97. The van der Waals surface area contributed by atoms with Crippen molar-refractivity contribution < 1.29 is 4.79 Å². The van der Waals surface area contributed by atoms with Crippen LogP contribution in [0.5, 0.6) is 0 Å². The van der Waals surface area contributed by atoms with Gasteiger partial charge in [-0.05, 0) is 24.5 Å². The summed E-state index contributed by atoms with van der Waals surface area (Å²) in [5.41, 5.74) is 1.63. The van der Waals surface area contributed by atoms with E-state index < -0.39 is 0 Å². The molecule has 1 unspecified atom stereocenters. The van der Waals surface area contributed by atoms with E-state index in [1.807, 2.05) is 19.1 Å². The Morgan fingerprint density at radius 3 is 2.73 bits per heavy atom. The Hall–Kier alpha value is -0.820. The maximum atomic E-state index is 11.9. The summed E-state index contributed by atoms with van der Waals surface area (Å²) in [6, 6.07) is 5.60. The molecular weight excluding hydrogens is 208 g/mol. The summed E-state index contributed by atoms with van der Waals surface area (Å²) in [6.07, 6.45) is 1.61. The number of hydrogen-bond acceptors (Lipinski definition) is 1. The highest BCUT2D eigenvalue weighted by molar-refractivity contribution is 6.34. The zero-order valence-electron chi connectivity index (χ0n) is 9.51. The van der Waals surface area contributed by atoms with Gasteiger partial charge < -0.3 is 0 Å². The molecule has 2 heteroatoms. The number of carbonyl (C=O) groups is 1. The van der Waals surface area contributed by atoms with Crippen LogP contribution in [0.25, 0.3) is 0 Å². The molecule has 0 fully saturated rings. The standard InChI is InChI=1S/C13H17ClO/c1-4-9(2)8-12(15)11-7-5-6-10(3)13(11)14/h5-7,9H,4,8H2,1-3H3. The van der Waals surface area contributed by atoms with Gasteiger partial charge >= 0.3 is 0 Å². The molecule has 1 nitrogen and oxygen atoms in total. The Bertz CT molecular complexity index is 358. The first kappa shape index (κ1) is 12.3. The Balaban J connectivity index is 2.87. The van der Waals surface area contributed by atoms with E-state index >= 15 is 0 Å². The zero-order valence-corrected chi connectivity index (χ0v) is 10.3. The van der Waals surface area contributed by atoms with Crippen LogP contribution in [-0.2, 0) is 0 Å². The maximum Gasteiger partial charge on any atom is 0.164 e. The van der Waals surface area contributed by atoms with Crippen LogP contribution in [-0.4, -0.2) is 5.78 Å². The van der Waals surface area contributed by atoms with Crippen LogP contribution in [0.1, 0.15) is 42.6 Å². The molecule has 1 aromatic rings. The molecule has 0 aliphatic rings. The third-order valence-corrected chi connectivity index (χ3v) is 3.22. The van der Waals surface area contributed by atoms with Crippen molar-refractivity contribution in [3.63, 3.8) is 0 Å². The van der Waals surface area contributed by atoms with Crippen LogP contribution < -0.4 is 0 Å². The third kappa shape index (κ3) is 3.07. The molecule has 0 saturated heterocycles. The van der Waals surface area contributed by atoms with E-state index in [1.165, 1.54) is 0 Å². The van der Waals surface area contributed by atoms with Crippen LogP contribution in [0.3, 0.4) is 0 Å². The molecule has 0 aromatic heterocycles. The number of benzene rings is 1. The van der Waals surface area contributed by atoms with Crippen LogP contribution in [0.15, 0.2) is 18.2 Å². The van der Waals surface area contributed by atoms with E-state index in [9.17, 15) is 4.79 Å². The molecule has 82 valence electrons. The number of ketones is 1. The fourth-order valence-electron chi connectivity index (χ4n) is 1.43. The molecule has 0 spiro atoms. The molecule has 0 bridgehead atoms. The smallest absolute Gasteiger partial charge is 0.164 e. The topological polar surface area (TPSA) is 17.1 Å². The molecule has 0 N–H and O–H groups in total. The van der Waals surface area contributed by atoms with Gasteiger partial charge in [0.05, 0.1) is 5.02 Å². The van der Waals surface area contributed by atoms with Gasteiger partial charge in [-0.15, -0.1) is 0 Å². The molecule has 1 atom stereocenters. The Kier molecular flexibility index (Phi) is 4.34. The third-order valence-electron chi connectivity index (χ3n) is 2.72. The van der Waals surface area contributed by atoms with Crippen molar-refractivity contribution in [3.05, 3.63) is 34.3 Å². The molecule has 1 aromatic carbocycles. The second-order valence-corrected chi connectivity index (χ2v) is 4.46. The average molecular weight is 225 g/mol. The van der Waals surface area contributed by atoms with Gasteiger partial charge in [-0.2, -0.15) is 0 Å². The molecule has 0 heterocycles. The van der Waals surface area contributed by atoms with Crippen molar-refractivity contribution >= 4 is 17.4 Å². The summed E-state index contributed by atoms with van der Waals surface area (Å²) < 4.78 is 0. The largest absolute Gasteiger partial charge is 0.294 e. The Labute approximate surface area is 96.5 Å². The van der Waals surface area contributed by atoms with E-state index in [-0.39, 0.29) is 5.78 Å². The second-order valence-electron chi connectivity index (χ2n) is 4.08. The highest BCUT2D eigenvalue weighted by Crippen LogP contribution is 2.23. The van der Waals surface area contributed by atoms with Crippen LogP contribution in [0.2, 0.25) is 5.02 Å². The first-order valence-corrected chi connectivity index (χ1v) is 5.72. The molecule has 0 aliphatic carbocycles. The summed E-state index contributed by atoms with van der Waals surface area (Å²) >= 11 is 6.09. The summed E-state index contributed by atoms with van der Waals surface area (Å²) in [7, 11) is 0. The van der Waals surface area contributed by atoms with E-state index in [1.54, 1.807) is 6.07 Å². The minimum atomic E-state index is 0.151. The Morgan fingerprint density at radius 1 is 1.47 bits per heavy atom. The molecule has 0 radical (unpaired) electrons. The summed E-state index contributed by atoms with van der Waals surface area (Å²) in [4.78, 5) is 11.9. The van der Waals surface area contributed by atoms with Gasteiger partial charge in [0.25, 0.3) is 0 Å². The van der Waals surface area contributed by atoms with Crippen LogP contribution >= 0.6 is 11.6 Å². The molecule has 0 aliphatic heterocycles. The number of carbonyl (C=O) groups excluding carboxylic acids is 1. The quantitative estimate of drug-likeness (QED) is 0.699. The minimum Gasteiger partial charge on any atom is -0.294 e. The van der Waals surface area contributed by atoms with Gasteiger partial charge in [-0.3, -0.25) is 4.79 Å². The average Bonchev–Trinajstić information content (AvgIpc) is 2.21. The van der Waals surface area contributed by atoms with E-state index in [0.29, 0.717) is 22.9 Å². The number of hydrogen-bond donors (Lipinski definition) is 0. The van der Waals surface area contributed by atoms with Crippen LogP contribution in [0, 0.1) is 12.8 Å². The second kappa shape index (κ2) is 5.32. The Morgan fingerprint density at radius 2 is 2.13 bits per heavy atom. The van der Waals surface area contributed by atoms with Gasteiger partial charge in [0.2, 0.25) is 0 Å². The first-order valence-electron chi connectivity index (χ1n) is 5.34. The van der Waals surface area contributed by atoms with E-state index in [4.69, 9.17) is 11.6 Å². The predicted octanol–water partition coefficient (Wildman–Crippen LogP) is 4.27. The van der Waals surface area contributed by atoms with Gasteiger partial charge in [0.15, 0.2) is 5.78 Å². The van der Waals surface area contributed by atoms with Crippen molar-refractivity contribution in [2.24, 2.45) is 5.92 Å². The fraction of sp³-hybridized carbons (Fsp3) is 0.462. The van der Waals surface area contributed by atoms with Gasteiger partial charge in [-0.25, -0.2) is 0 Å². The highest BCUT2D eigenvalue weighted by atomic mass is 35.5. The highest BCUT2D eigenvalue weighted by Gasteiger charge is 2.13. The predicted molar refractivity (Wildman–Crippen MR) is 64.6 cm³/mol. The lowest BCUT2D eigenvalue weighted by molar-refractivity contribution is 0.0964. The molecule has 0 amide bonds. The summed E-state index contributed by atoms with van der Waals surface area (Å²) in [5, 5.41) is 0.603. The minimum absolute atomic E-state index is 0.151. The molecule has 0 saturated carbocycles. The van der Waals surface area contributed by atoms with E-state index in [0.717, 1.165) is 12.0 Å². The number of aryl methyl sites for hydroxylation is 1. The maximum absolute atomic E-state index is 11.9. The van der Waals surface area contributed by atoms with Crippen LogP contribution in [0.4, 0.5) is 0 Å². The summed E-state index contributed by atoms with van der Waals surface area (Å²) in [6.45, 7) is 6.10. The first-order chi connectivity index (χ1) is 7.06. The van der Waals surface area contributed by atoms with Crippen molar-refractivity contribution in [2.45, 2.75) is 33.6 Å². The molecule has 1 rings (SSSR count).